The average molecular weight is 857 g/mol. The Morgan fingerprint density at radius 3 is 1.57 bits per heavy atom. The van der Waals surface area contributed by atoms with Gasteiger partial charge in [0.15, 0.2) is 12.1 Å². The minimum atomic E-state index is -2.41. The third kappa shape index (κ3) is 7.45. The normalized spacial score (nSPS) is 16.8. The Bertz CT molecular complexity index is 2110. The number of carbonyl (C=O) groups excluding carboxylic acids is 2. The number of nitrogens with zero attached hydrogens (tertiary/aromatic N) is 2. The lowest BCUT2D eigenvalue weighted by Gasteiger charge is -2.48. The summed E-state index contributed by atoms with van der Waals surface area (Å²) in [4.78, 5) is 35.6. The fraction of sp³-hybridized carbons (Fsp3) is 0.109. The molecule has 2 aliphatic rings. The third-order valence-corrected chi connectivity index (χ3v) is 15.6. The largest absolute Gasteiger partial charge is 1.00 e. The minimum absolute atomic E-state index is 0. The topological polar surface area (TPSA) is 59.0 Å². The van der Waals surface area contributed by atoms with Gasteiger partial charge in [0.25, 0.3) is 5.91 Å². The van der Waals surface area contributed by atoms with Crippen LogP contribution in [0.5, 0.6) is 0 Å². The van der Waals surface area contributed by atoms with Crippen LogP contribution >= 0.6 is 19.0 Å². The maximum Gasteiger partial charge on any atom is 0.356 e. The number of aliphatic imine (C=N–C) groups is 1. The van der Waals surface area contributed by atoms with E-state index in [1.807, 2.05) is 109 Å². The molecule has 2 atom stereocenters. The zero-order valence-corrected chi connectivity index (χ0v) is 33.3. The second-order valence-electron chi connectivity index (χ2n) is 13.1. The van der Waals surface area contributed by atoms with Crippen LogP contribution in [-0.2, 0) is 14.3 Å². The summed E-state index contributed by atoms with van der Waals surface area (Å²) >= 11 is 1.67. The van der Waals surface area contributed by atoms with E-state index in [0.717, 1.165) is 22.3 Å². The molecule has 8 rings (SSSR count). The Balaban J connectivity index is 0.00000450. The van der Waals surface area contributed by atoms with Gasteiger partial charge in [-0.15, -0.1) is 11.8 Å². The summed E-state index contributed by atoms with van der Waals surface area (Å²) in [6.45, 7) is 0. The van der Waals surface area contributed by atoms with E-state index in [9.17, 15) is 9.59 Å². The summed E-state index contributed by atoms with van der Waals surface area (Å²) < 4.78 is 6.56. The van der Waals surface area contributed by atoms with E-state index in [1.165, 1.54) is 15.9 Å². The highest BCUT2D eigenvalue weighted by Gasteiger charge is 2.56. The van der Waals surface area contributed by atoms with Crippen molar-refractivity contribution < 1.29 is 38.3 Å². The predicted octanol–water partition coefficient (Wildman–Crippen LogP) is 4.97. The number of carbonyl (C=O) groups is 2. The van der Waals surface area contributed by atoms with Crippen LogP contribution in [0.25, 0.3) is 0 Å². The van der Waals surface area contributed by atoms with Crippen molar-refractivity contribution in [2.75, 3.05) is 11.9 Å². The molecule has 0 bridgehead atoms. The molecule has 1 unspecified atom stereocenters. The summed E-state index contributed by atoms with van der Waals surface area (Å²) in [5.41, 5.74) is 3.88. The Labute approximate surface area is 338 Å². The van der Waals surface area contributed by atoms with Crippen molar-refractivity contribution in [2.45, 2.75) is 17.5 Å². The number of fused-ring (bicyclic) bond motifs is 1. The standard InChI is InChI=1S/C46H38N2O3PS.HI/c49-44-41(47-31-34-19-7-1-8-20-34)45-48(44)42(46(50)51-43(35-21-9-2-10-22-35)36-23-11-3-12-24-36)37(33-53-45)32-52(38-25-13-4-14-26-38,39-27-15-5-16-28-39)40-29-17-6-18-30-40;/h1-31,41,43,45H,32-33H2;1H/q+1;/p-1/t41?,45-;/m1./s1. The number of amides is 1. The molecule has 1 fully saturated rings. The van der Waals surface area contributed by atoms with Crippen molar-refractivity contribution in [1.29, 1.82) is 0 Å². The highest BCUT2D eigenvalue weighted by atomic mass is 127. The number of β-lactam (4-membered cyclic amide) rings is 1. The van der Waals surface area contributed by atoms with Crippen LogP contribution in [0.4, 0.5) is 0 Å². The van der Waals surface area contributed by atoms with Crippen LogP contribution < -0.4 is 39.9 Å². The maximum absolute atomic E-state index is 15.0. The highest BCUT2D eigenvalue weighted by molar-refractivity contribution is 8.00. The van der Waals surface area contributed by atoms with E-state index in [-0.39, 0.29) is 35.3 Å². The van der Waals surface area contributed by atoms with Gasteiger partial charge in [0, 0.05) is 17.5 Å². The Morgan fingerprint density at radius 2 is 1.11 bits per heavy atom. The third-order valence-electron chi connectivity index (χ3n) is 9.84. The molecular weight excluding hydrogens is 818 g/mol. The maximum atomic E-state index is 15.0. The second-order valence-corrected chi connectivity index (χ2v) is 17.7. The van der Waals surface area contributed by atoms with Gasteiger partial charge in [-0.1, -0.05) is 146 Å². The minimum Gasteiger partial charge on any atom is -1.00 e. The molecule has 1 amide bonds. The van der Waals surface area contributed by atoms with E-state index >= 15 is 0 Å². The Morgan fingerprint density at radius 1 is 0.685 bits per heavy atom. The molecule has 8 heteroatoms. The molecule has 1 saturated heterocycles. The van der Waals surface area contributed by atoms with Crippen LogP contribution in [0.15, 0.2) is 198 Å². The Kier molecular flexibility index (Phi) is 11.9. The Hall–Kier alpha value is -4.82. The van der Waals surface area contributed by atoms with E-state index < -0.39 is 25.4 Å². The number of ether oxygens (including phenoxy) is 1. The lowest BCUT2D eigenvalue weighted by molar-refractivity contribution is -0.153. The van der Waals surface area contributed by atoms with Crippen LogP contribution in [0.3, 0.4) is 0 Å². The monoisotopic (exact) mass is 856 g/mol. The molecule has 6 aromatic rings. The molecule has 0 aromatic heterocycles. The highest BCUT2D eigenvalue weighted by Crippen LogP contribution is 2.58. The molecule has 2 heterocycles. The molecule has 0 aliphatic carbocycles. The van der Waals surface area contributed by atoms with E-state index in [2.05, 4.69) is 72.8 Å². The van der Waals surface area contributed by atoms with Crippen molar-refractivity contribution in [2.24, 2.45) is 4.99 Å². The SMILES string of the molecule is O=C(OC(c1ccccc1)c1ccccc1)C1=C(C[P+](c2ccccc2)(c2ccccc2)c2ccccc2)CS[C@@H]2C(N=Cc3ccccc3)C(=O)N12.[I-]. The zero-order valence-electron chi connectivity index (χ0n) is 29.4. The fourth-order valence-electron chi connectivity index (χ4n) is 7.28. The molecule has 2 aliphatic heterocycles. The van der Waals surface area contributed by atoms with Gasteiger partial charge in [-0.25, -0.2) is 4.79 Å². The quantitative estimate of drug-likeness (QED) is 0.0608. The van der Waals surface area contributed by atoms with Crippen molar-refractivity contribution in [1.82, 2.24) is 4.90 Å². The summed E-state index contributed by atoms with van der Waals surface area (Å²) in [5.74, 6) is -0.141. The number of halogens is 1. The number of rotatable bonds is 11. The van der Waals surface area contributed by atoms with E-state index in [4.69, 9.17) is 9.73 Å². The number of esters is 1. The van der Waals surface area contributed by atoms with E-state index in [1.54, 1.807) is 22.9 Å². The smallest absolute Gasteiger partial charge is 0.356 e. The molecule has 0 spiro atoms. The van der Waals surface area contributed by atoms with Crippen molar-refractivity contribution >= 4 is 53.0 Å². The van der Waals surface area contributed by atoms with Gasteiger partial charge in [0.2, 0.25) is 0 Å². The predicted molar refractivity (Wildman–Crippen MR) is 219 cm³/mol. The first-order chi connectivity index (χ1) is 26.1. The molecule has 54 heavy (non-hydrogen) atoms. The van der Waals surface area contributed by atoms with Crippen LogP contribution in [0.1, 0.15) is 22.8 Å². The van der Waals surface area contributed by atoms with Gasteiger partial charge >= 0.3 is 5.97 Å². The average Bonchev–Trinajstić information content (AvgIpc) is 3.23. The van der Waals surface area contributed by atoms with Crippen LogP contribution in [0, 0.1) is 0 Å². The molecular formula is C46H38IN2O3PS. The summed E-state index contributed by atoms with van der Waals surface area (Å²) in [6, 6.07) is 60.6. The number of hydrogen-bond acceptors (Lipinski definition) is 5. The lowest BCUT2D eigenvalue weighted by atomic mass is 10.0. The van der Waals surface area contributed by atoms with Gasteiger partial charge < -0.3 is 28.7 Å². The van der Waals surface area contributed by atoms with Gasteiger partial charge in [0.1, 0.15) is 34.2 Å². The second kappa shape index (κ2) is 17.1. The number of hydrogen-bond donors (Lipinski definition) is 0. The van der Waals surface area contributed by atoms with Gasteiger partial charge in [-0.2, -0.15) is 0 Å². The summed E-state index contributed by atoms with van der Waals surface area (Å²) in [5, 5.41) is 3.29. The van der Waals surface area contributed by atoms with Gasteiger partial charge in [-0.3, -0.25) is 14.7 Å². The first-order valence-corrected chi connectivity index (χ1v) is 20.8. The van der Waals surface area contributed by atoms with Crippen LogP contribution in [-0.4, -0.2) is 46.3 Å². The molecule has 0 N–H and O–H groups in total. The van der Waals surface area contributed by atoms with Crippen molar-refractivity contribution in [3.05, 3.63) is 210 Å². The molecule has 268 valence electrons. The van der Waals surface area contributed by atoms with Gasteiger partial charge in [-0.05, 0) is 53.1 Å². The van der Waals surface area contributed by atoms with Crippen molar-refractivity contribution in [3.63, 3.8) is 0 Å². The summed E-state index contributed by atoms with van der Waals surface area (Å²) in [6.07, 6.45) is 1.67. The first-order valence-electron chi connectivity index (χ1n) is 17.7. The zero-order chi connectivity index (χ0) is 36.0. The lowest BCUT2D eigenvalue weighted by Crippen LogP contribution is -3.00. The van der Waals surface area contributed by atoms with Crippen LogP contribution in [0.2, 0.25) is 0 Å². The molecule has 0 saturated carbocycles. The summed E-state index contributed by atoms with van der Waals surface area (Å²) in [7, 11) is -2.41. The number of thioether (sulfide) groups is 1. The van der Waals surface area contributed by atoms with Crippen molar-refractivity contribution in [3.8, 4) is 0 Å². The van der Waals surface area contributed by atoms with E-state index in [0.29, 0.717) is 17.6 Å². The number of benzene rings is 6. The fourth-order valence-corrected chi connectivity index (χ4v) is 13.1. The molecule has 6 aromatic carbocycles. The first kappa shape index (κ1) is 37.5. The molecule has 5 nitrogen and oxygen atoms in total. The van der Waals surface area contributed by atoms with Gasteiger partial charge in [0.05, 0.1) is 6.16 Å². The molecule has 0 radical (unpaired) electrons.